The van der Waals surface area contributed by atoms with Crippen molar-refractivity contribution in [2.75, 3.05) is 0 Å². The van der Waals surface area contributed by atoms with Gasteiger partial charge in [-0.25, -0.2) is 33.4 Å². The third-order valence-corrected chi connectivity index (χ3v) is 8.04. The molecule has 3 aromatic carbocycles. The molecule has 228 valence electrons. The third kappa shape index (κ3) is 5.80. The number of fused-ring (bicyclic) bond motifs is 1. The summed E-state index contributed by atoms with van der Waals surface area (Å²) in [4.78, 5) is 28.6. The van der Waals surface area contributed by atoms with Crippen LogP contribution in [0.15, 0.2) is 85.3 Å². The van der Waals surface area contributed by atoms with Gasteiger partial charge in [0.25, 0.3) is 0 Å². The Morgan fingerprint density at radius 3 is 2.59 bits per heavy atom. The topological polar surface area (TPSA) is 99.4 Å². The molecular weight excluding hydrogens is 590 g/mol. The molecule has 0 saturated heterocycles. The lowest BCUT2D eigenvalue weighted by Gasteiger charge is -2.13. The molecule has 3 aromatic heterocycles. The highest BCUT2D eigenvalue weighted by molar-refractivity contribution is 5.92. The van der Waals surface area contributed by atoms with Gasteiger partial charge in [0.2, 0.25) is 5.88 Å². The average molecular weight is 617 g/mol. The molecule has 1 aliphatic carbocycles. The maximum absolute atomic E-state index is 15.7. The van der Waals surface area contributed by atoms with Gasteiger partial charge in [-0.2, -0.15) is 0 Å². The van der Waals surface area contributed by atoms with Crippen LogP contribution in [0.4, 0.5) is 14.5 Å². The smallest absolute Gasteiger partial charge is 0.335 e. The number of carboxylic acid groups (broad SMARTS) is 1. The maximum Gasteiger partial charge on any atom is 0.335 e. The van der Waals surface area contributed by atoms with Crippen LogP contribution < -0.4 is 4.74 Å². The summed E-state index contributed by atoms with van der Waals surface area (Å²) in [6.45, 7) is 7.35. The largest absolute Gasteiger partial charge is 0.478 e. The van der Waals surface area contributed by atoms with Gasteiger partial charge in [0.1, 0.15) is 24.1 Å². The number of halogens is 2. The molecule has 46 heavy (non-hydrogen) atoms. The third-order valence-electron chi connectivity index (χ3n) is 8.04. The van der Waals surface area contributed by atoms with Crippen LogP contribution in [0.5, 0.6) is 5.88 Å². The Kier molecular flexibility index (Phi) is 7.46. The number of rotatable bonds is 10. The monoisotopic (exact) mass is 616 g/mol. The van der Waals surface area contributed by atoms with Crippen LogP contribution in [0.2, 0.25) is 0 Å². The molecule has 0 aliphatic heterocycles. The van der Waals surface area contributed by atoms with E-state index in [4.69, 9.17) is 16.3 Å². The molecule has 1 saturated carbocycles. The van der Waals surface area contributed by atoms with Crippen LogP contribution in [0, 0.1) is 18.2 Å². The predicted molar refractivity (Wildman–Crippen MR) is 166 cm³/mol. The Labute approximate surface area is 262 Å². The van der Waals surface area contributed by atoms with Crippen molar-refractivity contribution in [2.24, 2.45) is 0 Å². The summed E-state index contributed by atoms with van der Waals surface area (Å²) in [6, 6.07) is 19.3. The van der Waals surface area contributed by atoms with Gasteiger partial charge in [0.05, 0.1) is 47.4 Å². The Morgan fingerprint density at radius 1 is 1.00 bits per heavy atom. The van der Waals surface area contributed by atoms with E-state index in [9.17, 15) is 14.3 Å². The summed E-state index contributed by atoms with van der Waals surface area (Å²) < 4.78 is 39.7. The summed E-state index contributed by atoms with van der Waals surface area (Å²) >= 11 is 0. The zero-order valence-electron chi connectivity index (χ0n) is 24.4. The maximum atomic E-state index is 15.7. The molecule has 0 amide bonds. The normalized spacial score (nSPS) is 12.7. The lowest BCUT2D eigenvalue weighted by Crippen LogP contribution is -2.10. The number of carbonyl (C=O) groups is 1. The fourth-order valence-corrected chi connectivity index (χ4v) is 5.47. The van der Waals surface area contributed by atoms with Crippen LogP contribution >= 0.6 is 0 Å². The molecule has 11 heteroatoms. The van der Waals surface area contributed by atoms with Gasteiger partial charge in [-0.15, -0.1) is 0 Å². The first-order valence-electron chi connectivity index (χ1n) is 14.6. The van der Waals surface area contributed by atoms with Crippen molar-refractivity contribution in [1.82, 2.24) is 24.1 Å². The van der Waals surface area contributed by atoms with Crippen LogP contribution in [0.3, 0.4) is 0 Å². The zero-order chi connectivity index (χ0) is 31.8. The van der Waals surface area contributed by atoms with Gasteiger partial charge in [-0.05, 0) is 54.8 Å². The SMILES string of the molecule is [C-]#[N+]c1ccc(COc2cccc(-c3ccc(Cc4nc5ccc(C(=O)O)cc5n4Cc4cncn4C4CC4)c(F)c3)n2)c(F)c1. The van der Waals surface area contributed by atoms with Crippen LogP contribution in [-0.2, 0) is 19.6 Å². The number of aromatic carboxylic acids is 1. The Morgan fingerprint density at radius 2 is 1.83 bits per heavy atom. The highest BCUT2D eigenvalue weighted by Gasteiger charge is 2.26. The van der Waals surface area contributed by atoms with Crippen LogP contribution in [0.25, 0.3) is 27.1 Å². The highest BCUT2D eigenvalue weighted by atomic mass is 19.1. The molecule has 1 fully saturated rings. The minimum atomic E-state index is -1.04. The van der Waals surface area contributed by atoms with Crippen molar-refractivity contribution in [3.05, 3.63) is 137 Å². The van der Waals surface area contributed by atoms with Gasteiger partial charge >= 0.3 is 5.97 Å². The Bertz CT molecular complexity index is 2160. The molecule has 9 nitrogen and oxygen atoms in total. The summed E-state index contributed by atoms with van der Waals surface area (Å²) in [5, 5.41) is 9.61. The van der Waals surface area contributed by atoms with Crippen molar-refractivity contribution in [2.45, 2.75) is 38.5 Å². The van der Waals surface area contributed by atoms with Crippen molar-refractivity contribution in [3.63, 3.8) is 0 Å². The van der Waals surface area contributed by atoms with Gasteiger partial charge in [0, 0.05) is 35.9 Å². The minimum Gasteiger partial charge on any atom is -0.478 e. The van der Waals surface area contributed by atoms with E-state index in [-0.39, 0.29) is 35.7 Å². The number of imidazole rings is 2. The first kappa shape index (κ1) is 28.9. The van der Waals surface area contributed by atoms with E-state index in [2.05, 4.69) is 19.4 Å². The number of hydrogen-bond acceptors (Lipinski definition) is 5. The predicted octanol–water partition coefficient (Wildman–Crippen LogP) is 7.37. The van der Waals surface area contributed by atoms with Crippen molar-refractivity contribution >= 4 is 22.7 Å². The number of benzene rings is 3. The Hall–Kier alpha value is -5.89. The first-order valence-corrected chi connectivity index (χ1v) is 14.6. The van der Waals surface area contributed by atoms with E-state index in [0.717, 1.165) is 24.6 Å². The molecule has 1 aliphatic rings. The number of pyridine rings is 1. The number of carboxylic acids is 1. The molecule has 0 atom stereocenters. The fraction of sp³-hybridized carbons (Fsp3) is 0.171. The molecule has 3 heterocycles. The van der Waals surface area contributed by atoms with Gasteiger partial charge in [-0.1, -0.05) is 30.3 Å². The number of ether oxygens (including phenoxy) is 1. The van der Waals surface area contributed by atoms with Crippen molar-refractivity contribution in [3.8, 4) is 17.1 Å². The minimum absolute atomic E-state index is 0.0791. The fourth-order valence-electron chi connectivity index (χ4n) is 5.47. The molecule has 0 bridgehead atoms. The Balaban J connectivity index is 1.15. The second-order valence-corrected chi connectivity index (χ2v) is 11.2. The second-order valence-electron chi connectivity index (χ2n) is 11.2. The van der Waals surface area contributed by atoms with Crippen LogP contribution in [0.1, 0.15) is 51.9 Å². The number of aromatic nitrogens is 5. The number of hydrogen-bond donors (Lipinski definition) is 1. The average Bonchev–Trinajstić information content (AvgIpc) is 3.71. The van der Waals surface area contributed by atoms with Crippen molar-refractivity contribution < 1.29 is 23.4 Å². The molecular formula is C35H26F2N6O3. The molecule has 0 unspecified atom stereocenters. The molecule has 7 rings (SSSR count). The summed E-state index contributed by atoms with van der Waals surface area (Å²) in [7, 11) is 0. The zero-order valence-corrected chi connectivity index (χ0v) is 24.4. The van der Waals surface area contributed by atoms with E-state index < -0.39 is 17.6 Å². The highest BCUT2D eigenvalue weighted by Crippen LogP contribution is 2.36. The standard InChI is InChI=1S/C35H26F2N6O3/c1-38-25-9-7-24(29(37)16-25)19-46-34-4-2-3-30(41-34)22-6-5-21(28(36)13-22)15-33-40-31-12-8-23(35(44)45)14-32(31)42(33)18-27-17-39-20-43(27)26-10-11-26/h2-9,12-14,16-17,20,26H,10-11,15,18-19H2,(H,44,45). The summed E-state index contributed by atoms with van der Waals surface area (Å²) in [6.07, 6.45) is 5.96. The van der Waals surface area contributed by atoms with Gasteiger partial charge in [-0.3, -0.25) is 0 Å². The summed E-state index contributed by atoms with van der Waals surface area (Å²) in [5.74, 6) is -1.17. The quantitative estimate of drug-likeness (QED) is 0.161. The molecule has 6 aromatic rings. The molecule has 0 radical (unpaired) electrons. The van der Waals surface area contributed by atoms with E-state index >= 15 is 4.39 Å². The van der Waals surface area contributed by atoms with Crippen molar-refractivity contribution in [1.29, 1.82) is 0 Å². The van der Waals surface area contributed by atoms with E-state index in [1.165, 1.54) is 24.3 Å². The number of nitrogens with zero attached hydrogens (tertiary/aromatic N) is 6. The van der Waals surface area contributed by atoms with Gasteiger partial charge < -0.3 is 19.0 Å². The van der Waals surface area contributed by atoms with Gasteiger partial charge in [0.15, 0.2) is 5.69 Å². The molecule has 1 N–H and O–H groups in total. The van der Waals surface area contributed by atoms with E-state index in [1.54, 1.807) is 48.7 Å². The van der Waals surface area contributed by atoms with Crippen LogP contribution in [-0.4, -0.2) is 35.2 Å². The first-order chi connectivity index (χ1) is 22.4. The van der Waals surface area contributed by atoms with E-state index in [0.29, 0.717) is 46.3 Å². The lowest BCUT2D eigenvalue weighted by molar-refractivity contribution is 0.0697. The molecule has 0 spiro atoms. The summed E-state index contributed by atoms with van der Waals surface area (Å²) in [5.41, 5.74) is 4.32. The van der Waals surface area contributed by atoms with E-state index in [1.807, 2.05) is 10.9 Å². The lowest BCUT2D eigenvalue weighted by atomic mass is 10.1. The second kappa shape index (κ2) is 11.9.